The van der Waals surface area contributed by atoms with Gasteiger partial charge in [-0.25, -0.2) is 0 Å². The third-order valence-corrected chi connectivity index (χ3v) is 3.76. The average molecular weight is 247 g/mol. The number of hydrogen-bond acceptors (Lipinski definition) is 2. The fraction of sp³-hybridized carbons (Fsp3) is 0.625. The van der Waals surface area contributed by atoms with Crippen molar-refractivity contribution in [1.29, 1.82) is 0 Å². The highest BCUT2D eigenvalue weighted by Crippen LogP contribution is 2.26. The van der Waals surface area contributed by atoms with Crippen LogP contribution >= 0.6 is 0 Å². The summed E-state index contributed by atoms with van der Waals surface area (Å²) in [5.74, 6) is 0.949. The van der Waals surface area contributed by atoms with Crippen LogP contribution in [0.15, 0.2) is 24.3 Å². The molecule has 2 N–H and O–H groups in total. The predicted octanol–water partition coefficient (Wildman–Crippen LogP) is 3.63. The Morgan fingerprint density at radius 3 is 2.22 bits per heavy atom. The normalized spacial score (nSPS) is 24.9. The Bertz CT molecular complexity index is 377. The van der Waals surface area contributed by atoms with E-state index in [1.165, 1.54) is 18.4 Å². The van der Waals surface area contributed by atoms with Crippen LogP contribution in [0.2, 0.25) is 0 Å². The van der Waals surface area contributed by atoms with Gasteiger partial charge in [-0.1, -0.05) is 39.3 Å². The minimum atomic E-state index is 0.194. The molecular weight excluding hydrogens is 222 g/mol. The Hall–Kier alpha value is -1.02. The number of rotatable bonds is 2. The predicted molar refractivity (Wildman–Crippen MR) is 76.0 cm³/mol. The van der Waals surface area contributed by atoms with E-state index in [2.05, 4.69) is 45.0 Å². The topological polar surface area (TPSA) is 35.2 Å². The lowest BCUT2D eigenvalue weighted by molar-refractivity contribution is 0.132. The first kappa shape index (κ1) is 13.4. The summed E-state index contributed by atoms with van der Waals surface area (Å²) in [6, 6.07) is 8.65. The molecule has 2 atom stereocenters. The van der Waals surface area contributed by atoms with Gasteiger partial charge in [0.05, 0.1) is 0 Å². The second-order valence-electron chi connectivity index (χ2n) is 6.38. The third kappa shape index (κ3) is 3.26. The highest BCUT2D eigenvalue weighted by molar-refractivity contribution is 5.31. The van der Waals surface area contributed by atoms with Gasteiger partial charge in [-0.2, -0.15) is 0 Å². The van der Waals surface area contributed by atoms with Gasteiger partial charge in [-0.3, -0.25) is 0 Å². The van der Waals surface area contributed by atoms with Crippen molar-refractivity contribution in [1.82, 2.24) is 0 Å². The lowest BCUT2D eigenvalue weighted by Gasteiger charge is -2.29. The number of ether oxygens (including phenoxy) is 1. The van der Waals surface area contributed by atoms with Crippen LogP contribution in [0.3, 0.4) is 0 Å². The summed E-state index contributed by atoms with van der Waals surface area (Å²) >= 11 is 0. The Balaban J connectivity index is 2.02. The maximum Gasteiger partial charge on any atom is 0.119 e. The monoisotopic (exact) mass is 247 g/mol. The largest absolute Gasteiger partial charge is 0.489 e. The maximum absolute atomic E-state index is 6.10. The molecule has 1 aliphatic carbocycles. The third-order valence-electron chi connectivity index (χ3n) is 3.76. The standard InChI is InChI=1S/C16H25NO/c1-16(2,3)12-8-10-13(11-9-12)18-15-7-5-4-6-14(15)17/h8-11,14-15H,4-7,17H2,1-3H3. The van der Waals surface area contributed by atoms with E-state index in [1.807, 2.05) is 0 Å². The molecule has 2 rings (SSSR count). The molecule has 0 aromatic heterocycles. The molecule has 2 nitrogen and oxygen atoms in total. The Labute approximate surface area is 111 Å². The van der Waals surface area contributed by atoms with Crippen molar-refractivity contribution in [3.05, 3.63) is 29.8 Å². The van der Waals surface area contributed by atoms with Crippen molar-refractivity contribution in [3.63, 3.8) is 0 Å². The quantitative estimate of drug-likeness (QED) is 0.866. The minimum Gasteiger partial charge on any atom is -0.489 e. The zero-order valence-electron chi connectivity index (χ0n) is 11.8. The second-order valence-corrected chi connectivity index (χ2v) is 6.38. The summed E-state index contributed by atoms with van der Waals surface area (Å²) in [5, 5.41) is 0. The van der Waals surface area contributed by atoms with Crippen molar-refractivity contribution < 1.29 is 4.74 Å². The highest BCUT2D eigenvalue weighted by atomic mass is 16.5. The first-order valence-corrected chi connectivity index (χ1v) is 6.99. The molecule has 1 fully saturated rings. The van der Waals surface area contributed by atoms with Gasteiger partial charge >= 0.3 is 0 Å². The van der Waals surface area contributed by atoms with Gasteiger partial charge in [-0.05, 0) is 42.4 Å². The van der Waals surface area contributed by atoms with Crippen molar-refractivity contribution in [3.8, 4) is 5.75 Å². The molecule has 0 amide bonds. The van der Waals surface area contributed by atoms with Crippen LogP contribution in [0, 0.1) is 0 Å². The van der Waals surface area contributed by atoms with E-state index < -0.39 is 0 Å². The highest BCUT2D eigenvalue weighted by Gasteiger charge is 2.23. The molecule has 0 spiro atoms. The summed E-state index contributed by atoms with van der Waals surface area (Å²) in [4.78, 5) is 0. The number of hydrogen-bond donors (Lipinski definition) is 1. The molecule has 0 saturated heterocycles. The van der Waals surface area contributed by atoms with E-state index in [-0.39, 0.29) is 17.6 Å². The van der Waals surface area contributed by atoms with Gasteiger partial charge in [0.2, 0.25) is 0 Å². The van der Waals surface area contributed by atoms with Crippen LogP contribution in [0.4, 0.5) is 0 Å². The van der Waals surface area contributed by atoms with E-state index >= 15 is 0 Å². The van der Waals surface area contributed by atoms with Crippen molar-refractivity contribution in [2.75, 3.05) is 0 Å². The SMILES string of the molecule is CC(C)(C)c1ccc(OC2CCCCC2N)cc1. The molecule has 0 aliphatic heterocycles. The smallest absolute Gasteiger partial charge is 0.119 e. The van der Waals surface area contributed by atoms with Crippen molar-refractivity contribution in [2.24, 2.45) is 5.73 Å². The molecule has 1 aromatic carbocycles. The van der Waals surface area contributed by atoms with E-state index in [1.54, 1.807) is 0 Å². The van der Waals surface area contributed by atoms with Gasteiger partial charge in [-0.15, -0.1) is 0 Å². The molecule has 2 heteroatoms. The van der Waals surface area contributed by atoms with Crippen LogP contribution in [0.25, 0.3) is 0 Å². The molecule has 1 aromatic rings. The van der Waals surface area contributed by atoms with Crippen molar-refractivity contribution in [2.45, 2.75) is 64.0 Å². The fourth-order valence-corrected chi connectivity index (χ4v) is 2.48. The zero-order valence-corrected chi connectivity index (χ0v) is 11.8. The van der Waals surface area contributed by atoms with E-state index in [9.17, 15) is 0 Å². The van der Waals surface area contributed by atoms with Crippen LogP contribution in [-0.2, 0) is 5.41 Å². The molecule has 0 bridgehead atoms. The van der Waals surface area contributed by atoms with E-state index in [0.717, 1.165) is 18.6 Å². The first-order valence-electron chi connectivity index (χ1n) is 6.99. The van der Waals surface area contributed by atoms with Crippen LogP contribution in [0.5, 0.6) is 5.75 Å². The summed E-state index contributed by atoms with van der Waals surface area (Å²) in [7, 11) is 0. The maximum atomic E-state index is 6.10. The summed E-state index contributed by atoms with van der Waals surface area (Å²) in [6.07, 6.45) is 4.84. The zero-order chi connectivity index (χ0) is 13.2. The summed E-state index contributed by atoms with van der Waals surface area (Å²) < 4.78 is 6.01. The van der Waals surface area contributed by atoms with E-state index in [0.29, 0.717) is 0 Å². The molecule has 18 heavy (non-hydrogen) atoms. The van der Waals surface area contributed by atoms with Gasteiger partial charge in [0.1, 0.15) is 11.9 Å². The Morgan fingerprint density at radius 2 is 1.67 bits per heavy atom. The average Bonchev–Trinajstić information content (AvgIpc) is 2.32. The molecule has 2 unspecified atom stereocenters. The van der Waals surface area contributed by atoms with Gasteiger partial charge in [0.25, 0.3) is 0 Å². The fourth-order valence-electron chi connectivity index (χ4n) is 2.48. The lowest BCUT2D eigenvalue weighted by atomic mass is 9.87. The van der Waals surface area contributed by atoms with Gasteiger partial charge < -0.3 is 10.5 Å². The number of benzene rings is 1. The summed E-state index contributed by atoms with van der Waals surface area (Å²) in [6.45, 7) is 6.67. The van der Waals surface area contributed by atoms with Crippen LogP contribution in [-0.4, -0.2) is 12.1 Å². The molecule has 1 saturated carbocycles. The molecule has 1 aliphatic rings. The van der Waals surface area contributed by atoms with Crippen LogP contribution < -0.4 is 10.5 Å². The molecule has 0 heterocycles. The van der Waals surface area contributed by atoms with E-state index in [4.69, 9.17) is 10.5 Å². The van der Waals surface area contributed by atoms with Crippen molar-refractivity contribution >= 4 is 0 Å². The summed E-state index contributed by atoms with van der Waals surface area (Å²) in [5.41, 5.74) is 7.63. The molecular formula is C16H25NO. The number of nitrogens with two attached hydrogens (primary N) is 1. The lowest BCUT2D eigenvalue weighted by Crippen LogP contribution is -2.41. The van der Waals surface area contributed by atoms with Gasteiger partial charge in [0, 0.05) is 6.04 Å². The molecule has 0 radical (unpaired) electrons. The molecule has 100 valence electrons. The van der Waals surface area contributed by atoms with Crippen LogP contribution in [0.1, 0.15) is 52.0 Å². The van der Waals surface area contributed by atoms with Gasteiger partial charge in [0.15, 0.2) is 0 Å². The second kappa shape index (κ2) is 5.31. The Morgan fingerprint density at radius 1 is 1.06 bits per heavy atom. The minimum absolute atomic E-state index is 0.194. The first-order chi connectivity index (χ1) is 8.47. The Kier molecular flexibility index (Phi) is 3.96.